The fourth-order valence-corrected chi connectivity index (χ4v) is 1.28. The number of pyridine rings is 1. The second-order valence-corrected chi connectivity index (χ2v) is 4.80. The number of esters is 1. The molecule has 0 aliphatic heterocycles. The van der Waals surface area contributed by atoms with Gasteiger partial charge in [0.05, 0.1) is 17.7 Å². The van der Waals surface area contributed by atoms with Crippen LogP contribution in [0.2, 0.25) is 0 Å². The predicted molar refractivity (Wildman–Crippen MR) is 58.8 cm³/mol. The lowest BCUT2D eigenvalue weighted by atomic mass is 10.1. The Morgan fingerprint density at radius 1 is 1.33 bits per heavy atom. The van der Waals surface area contributed by atoms with Crippen LogP contribution in [0.5, 0.6) is 0 Å². The average molecular weight is 261 g/mol. The third kappa shape index (κ3) is 4.73. The molecule has 0 atom stereocenters. The second kappa shape index (κ2) is 4.96. The number of ether oxygens (including phenoxy) is 1. The van der Waals surface area contributed by atoms with E-state index in [1.165, 1.54) is 0 Å². The number of halogens is 3. The van der Waals surface area contributed by atoms with E-state index < -0.39 is 23.3 Å². The average Bonchev–Trinajstić information content (AvgIpc) is 2.13. The molecule has 0 bridgehead atoms. The number of hydrogen-bond acceptors (Lipinski definition) is 3. The Balaban J connectivity index is 2.77. The second-order valence-electron chi connectivity index (χ2n) is 4.80. The van der Waals surface area contributed by atoms with Gasteiger partial charge >= 0.3 is 12.1 Å². The molecule has 1 aromatic heterocycles. The van der Waals surface area contributed by atoms with Crippen molar-refractivity contribution in [3.63, 3.8) is 0 Å². The van der Waals surface area contributed by atoms with Crippen molar-refractivity contribution < 1.29 is 22.7 Å². The molecule has 0 unspecified atom stereocenters. The first-order valence-electron chi connectivity index (χ1n) is 5.32. The van der Waals surface area contributed by atoms with Gasteiger partial charge in [0.15, 0.2) is 0 Å². The first-order chi connectivity index (χ1) is 8.08. The highest BCUT2D eigenvalue weighted by molar-refractivity contribution is 5.72. The summed E-state index contributed by atoms with van der Waals surface area (Å²) in [4.78, 5) is 15.2. The predicted octanol–water partition coefficient (Wildman–Crippen LogP) is 2.98. The molecule has 1 aromatic rings. The van der Waals surface area contributed by atoms with Crippen molar-refractivity contribution in [1.82, 2.24) is 4.98 Å². The minimum absolute atomic E-state index is 0.0408. The molecule has 3 nitrogen and oxygen atoms in total. The van der Waals surface area contributed by atoms with Crippen molar-refractivity contribution in [1.29, 1.82) is 0 Å². The van der Waals surface area contributed by atoms with Crippen LogP contribution in [0.3, 0.4) is 0 Å². The Labute approximate surface area is 103 Å². The van der Waals surface area contributed by atoms with Gasteiger partial charge in [0.1, 0.15) is 5.60 Å². The van der Waals surface area contributed by atoms with Crippen LogP contribution in [0.15, 0.2) is 18.3 Å². The molecule has 0 spiro atoms. The fourth-order valence-electron chi connectivity index (χ4n) is 1.28. The highest BCUT2D eigenvalue weighted by atomic mass is 19.4. The Hall–Kier alpha value is -1.59. The van der Waals surface area contributed by atoms with E-state index in [1.807, 2.05) is 0 Å². The van der Waals surface area contributed by atoms with Crippen LogP contribution in [0.4, 0.5) is 13.2 Å². The lowest BCUT2D eigenvalue weighted by Crippen LogP contribution is -2.25. The van der Waals surface area contributed by atoms with E-state index >= 15 is 0 Å². The zero-order chi connectivity index (χ0) is 14.0. The van der Waals surface area contributed by atoms with Crippen LogP contribution in [0.1, 0.15) is 32.0 Å². The molecule has 0 radical (unpaired) electrons. The molecule has 0 amide bonds. The molecule has 0 aliphatic rings. The van der Waals surface area contributed by atoms with Gasteiger partial charge in [-0.2, -0.15) is 13.2 Å². The Bertz CT molecular complexity index is 436. The van der Waals surface area contributed by atoms with E-state index in [2.05, 4.69) is 4.98 Å². The molecular formula is C12H14F3NO2. The van der Waals surface area contributed by atoms with Crippen molar-refractivity contribution in [2.75, 3.05) is 0 Å². The summed E-state index contributed by atoms with van der Waals surface area (Å²) in [5.41, 5.74) is -1.45. The first-order valence-corrected chi connectivity index (χ1v) is 5.32. The summed E-state index contributed by atoms with van der Waals surface area (Å²) in [6, 6.07) is 1.71. The van der Waals surface area contributed by atoms with Gasteiger partial charge < -0.3 is 4.74 Å². The summed E-state index contributed by atoms with van der Waals surface area (Å²) in [5, 5.41) is 0. The number of nitrogens with zero attached hydrogens (tertiary/aromatic N) is 1. The van der Waals surface area contributed by atoms with E-state index in [4.69, 9.17) is 4.74 Å². The number of aromatic nitrogens is 1. The largest absolute Gasteiger partial charge is 0.460 e. The van der Waals surface area contributed by atoms with Crippen molar-refractivity contribution >= 4 is 5.97 Å². The fraction of sp³-hybridized carbons (Fsp3) is 0.500. The maximum absolute atomic E-state index is 12.4. The maximum atomic E-state index is 12.4. The van der Waals surface area contributed by atoms with E-state index in [0.29, 0.717) is 0 Å². The lowest BCUT2D eigenvalue weighted by molar-refractivity contribution is -0.154. The SMILES string of the molecule is CC(C)(C)OC(=O)Cc1cc(C(F)(F)F)ccn1. The van der Waals surface area contributed by atoms with Crippen LogP contribution < -0.4 is 0 Å². The van der Waals surface area contributed by atoms with Crippen LogP contribution in [0, 0.1) is 0 Å². The van der Waals surface area contributed by atoms with Crippen molar-refractivity contribution in [3.8, 4) is 0 Å². The molecule has 0 aromatic carbocycles. The lowest BCUT2D eigenvalue weighted by Gasteiger charge is -2.19. The van der Waals surface area contributed by atoms with E-state index in [-0.39, 0.29) is 12.1 Å². The maximum Gasteiger partial charge on any atom is 0.416 e. The quantitative estimate of drug-likeness (QED) is 0.768. The Morgan fingerprint density at radius 2 is 1.94 bits per heavy atom. The first kappa shape index (κ1) is 14.5. The minimum Gasteiger partial charge on any atom is -0.460 e. The van der Waals surface area contributed by atoms with Gasteiger partial charge in [0, 0.05) is 6.20 Å². The van der Waals surface area contributed by atoms with Crippen molar-refractivity contribution in [3.05, 3.63) is 29.6 Å². The third-order valence-corrected chi connectivity index (χ3v) is 1.89. The zero-order valence-corrected chi connectivity index (χ0v) is 10.3. The summed E-state index contributed by atoms with van der Waals surface area (Å²) in [7, 11) is 0. The molecule has 1 heterocycles. The van der Waals surface area contributed by atoms with Gasteiger partial charge in [-0.25, -0.2) is 0 Å². The number of carbonyl (C=O) groups is 1. The Kier molecular flexibility index (Phi) is 3.98. The van der Waals surface area contributed by atoms with Crippen LogP contribution >= 0.6 is 0 Å². The molecule has 0 saturated heterocycles. The van der Waals surface area contributed by atoms with Crippen LogP contribution in [-0.2, 0) is 22.1 Å². The summed E-state index contributed by atoms with van der Waals surface area (Å²) in [5.74, 6) is -0.602. The summed E-state index contributed by atoms with van der Waals surface area (Å²) < 4.78 is 42.3. The van der Waals surface area contributed by atoms with Crippen LogP contribution in [0.25, 0.3) is 0 Å². The molecule has 0 aliphatic carbocycles. The molecule has 0 N–H and O–H groups in total. The third-order valence-electron chi connectivity index (χ3n) is 1.89. The summed E-state index contributed by atoms with van der Waals surface area (Å²) >= 11 is 0. The van der Waals surface area contributed by atoms with E-state index in [1.54, 1.807) is 20.8 Å². The Morgan fingerprint density at radius 3 is 2.44 bits per heavy atom. The number of rotatable bonds is 2. The standard InChI is InChI=1S/C12H14F3NO2/c1-11(2,3)18-10(17)7-9-6-8(4-5-16-9)12(13,14)15/h4-6H,7H2,1-3H3. The summed E-state index contributed by atoms with van der Waals surface area (Å²) in [6.07, 6.45) is -3.69. The minimum atomic E-state index is -4.44. The zero-order valence-electron chi connectivity index (χ0n) is 10.3. The molecule has 6 heteroatoms. The normalized spacial score (nSPS) is 12.3. The topological polar surface area (TPSA) is 39.2 Å². The molecular weight excluding hydrogens is 247 g/mol. The molecule has 18 heavy (non-hydrogen) atoms. The summed E-state index contributed by atoms with van der Waals surface area (Å²) in [6.45, 7) is 5.05. The van der Waals surface area contributed by atoms with E-state index in [9.17, 15) is 18.0 Å². The number of carbonyl (C=O) groups excluding carboxylic acids is 1. The molecule has 0 fully saturated rings. The number of hydrogen-bond donors (Lipinski definition) is 0. The monoisotopic (exact) mass is 261 g/mol. The molecule has 0 saturated carbocycles. The van der Waals surface area contributed by atoms with Gasteiger partial charge in [-0.05, 0) is 32.9 Å². The van der Waals surface area contributed by atoms with Crippen molar-refractivity contribution in [2.45, 2.75) is 39.0 Å². The van der Waals surface area contributed by atoms with E-state index in [0.717, 1.165) is 18.3 Å². The van der Waals surface area contributed by atoms with Crippen molar-refractivity contribution in [2.24, 2.45) is 0 Å². The van der Waals surface area contributed by atoms with Gasteiger partial charge in [0.2, 0.25) is 0 Å². The van der Waals surface area contributed by atoms with Gasteiger partial charge in [-0.1, -0.05) is 0 Å². The number of alkyl halides is 3. The molecule has 100 valence electrons. The highest BCUT2D eigenvalue weighted by Crippen LogP contribution is 2.29. The van der Waals surface area contributed by atoms with Gasteiger partial charge in [0.25, 0.3) is 0 Å². The smallest absolute Gasteiger partial charge is 0.416 e. The van der Waals surface area contributed by atoms with Crippen LogP contribution in [-0.4, -0.2) is 16.6 Å². The highest BCUT2D eigenvalue weighted by Gasteiger charge is 2.31. The van der Waals surface area contributed by atoms with Gasteiger partial charge in [-0.15, -0.1) is 0 Å². The molecule has 1 rings (SSSR count). The van der Waals surface area contributed by atoms with Gasteiger partial charge in [-0.3, -0.25) is 9.78 Å².